The van der Waals surface area contributed by atoms with Crippen LogP contribution in [0.3, 0.4) is 0 Å². The summed E-state index contributed by atoms with van der Waals surface area (Å²) in [4.78, 5) is 40.3. The number of benzene rings is 1. The molecular weight excluding hydrogens is 395 g/mol. The van der Waals surface area contributed by atoms with E-state index in [2.05, 4.69) is 10.3 Å². The molecule has 0 bridgehead atoms. The number of hydrogen-bond acceptors (Lipinski definition) is 6. The minimum atomic E-state index is -1.21. The van der Waals surface area contributed by atoms with Crippen molar-refractivity contribution in [3.8, 4) is 0 Å². The molecule has 0 radical (unpaired) electrons. The molecule has 0 fully saturated rings. The minimum Gasteiger partial charge on any atom is -0.449 e. The van der Waals surface area contributed by atoms with Gasteiger partial charge < -0.3 is 14.5 Å². The molecule has 1 N–H and O–H groups in total. The molecule has 27 heavy (non-hydrogen) atoms. The van der Waals surface area contributed by atoms with E-state index in [0.29, 0.717) is 16.0 Å². The Bertz CT molecular complexity index is 1100. The number of halogens is 2. The van der Waals surface area contributed by atoms with Crippen LogP contribution in [0.2, 0.25) is 10.0 Å². The molecule has 0 spiro atoms. The molecule has 9 heteroatoms. The first kappa shape index (κ1) is 18.9. The monoisotopic (exact) mass is 406 g/mol. The standard InChI is InChI=1S/C18H12Cl2N2O5/c1-9(16(23)22-15-13(20)7-11(19)8-21-15)26-17(24)12-6-10-4-2-3-5-14(10)27-18(12)25/h2-9H,1H3,(H,21,22,23)/t9-/m1/s1. The summed E-state index contributed by atoms with van der Waals surface area (Å²) in [6.45, 7) is 1.35. The molecule has 7 nitrogen and oxygen atoms in total. The van der Waals surface area contributed by atoms with Crippen molar-refractivity contribution in [3.05, 3.63) is 68.6 Å². The van der Waals surface area contributed by atoms with Crippen molar-refractivity contribution in [1.82, 2.24) is 4.98 Å². The van der Waals surface area contributed by atoms with Gasteiger partial charge in [-0.3, -0.25) is 4.79 Å². The zero-order valence-electron chi connectivity index (χ0n) is 13.9. The Morgan fingerprint density at radius 1 is 1.22 bits per heavy atom. The lowest BCUT2D eigenvalue weighted by Gasteiger charge is -2.13. The molecule has 0 unspecified atom stereocenters. The zero-order valence-corrected chi connectivity index (χ0v) is 15.4. The van der Waals surface area contributed by atoms with E-state index in [1.807, 2.05) is 0 Å². The van der Waals surface area contributed by atoms with Crippen LogP contribution in [0.1, 0.15) is 17.3 Å². The summed E-state index contributed by atoms with van der Waals surface area (Å²) in [6, 6.07) is 9.47. The number of carbonyl (C=O) groups is 2. The first-order valence-corrected chi connectivity index (χ1v) is 8.46. The maximum Gasteiger partial charge on any atom is 0.351 e. The molecule has 0 saturated heterocycles. The van der Waals surface area contributed by atoms with Crippen molar-refractivity contribution >= 4 is 51.9 Å². The van der Waals surface area contributed by atoms with E-state index in [1.54, 1.807) is 24.3 Å². The fourth-order valence-electron chi connectivity index (χ4n) is 2.21. The third kappa shape index (κ3) is 4.27. The van der Waals surface area contributed by atoms with Crippen LogP contribution < -0.4 is 10.9 Å². The van der Waals surface area contributed by atoms with Crippen LogP contribution in [0, 0.1) is 0 Å². The van der Waals surface area contributed by atoms with Crippen LogP contribution in [0.4, 0.5) is 5.82 Å². The van der Waals surface area contributed by atoms with Gasteiger partial charge in [0.1, 0.15) is 11.1 Å². The molecule has 2 aromatic heterocycles. The molecule has 0 aliphatic carbocycles. The lowest BCUT2D eigenvalue weighted by Crippen LogP contribution is -2.31. The minimum absolute atomic E-state index is 0.0687. The maximum atomic E-state index is 12.3. The van der Waals surface area contributed by atoms with Crippen molar-refractivity contribution < 1.29 is 18.7 Å². The Morgan fingerprint density at radius 3 is 2.70 bits per heavy atom. The van der Waals surface area contributed by atoms with Crippen molar-refractivity contribution in [3.63, 3.8) is 0 Å². The van der Waals surface area contributed by atoms with Crippen molar-refractivity contribution in [1.29, 1.82) is 0 Å². The number of carbonyl (C=O) groups excluding carboxylic acids is 2. The van der Waals surface area contributed by atoms with E-state index >= 15 is 0 Å². The van der Waals surface area contributed by atoms with Crippen LogP contribution in [0.25, 0.3) is 11.0 Å². The molecule has 2 heterocycles. The number of para-hydroxylation sites is 1. The van der Waals surface area contributed by atoms with E-state index < -0.39 is 23.6 Å². The fourth-order valence-corrected chi connectivity index (χ4v) is 2.63. The second kappa shape index (κ2) is 7.77. The highest BCUT2D eigenvalue weighted by molar-refractivity contribution is 6.36. The van der Waals surface area contributed by atoms with Crippen LogP contribution in [-0.4, -0.2) is 23.0 Å². The lowest BCUT2D eigenvalue weighted by molar-refractivity contribution is -0.123. The van der Waals surface area contributed by atoms with Gasteiger partial charge in [0, 0.05) is 11.6 Å². The van der Waals surface area contributed by atoms with E-state index in [0.717, 1.165) is 0 Å². The second-order valence-corrected chi connectivity index (χ2v) is 6.35. The number of esters is 1. The number of pyridine rings is 1. The first-order chi connectivity index (χ1) is 12.8. The highest BCUT2D eigenvalue weighted by Gasteiger charge is 2.23. The summed E-state index contributed by atoms with van der Waals surface area (Å²) in [5, 5.41) is 3.41. The molecule has 1 atom stereocenters. The molecule has 3 rings (SSSR count). The summed E-state index contributed by atoms with van der Waals surface area (Å²) in [6.07, 6.45) is 0.0944. The largest absolute Gasteiger partial charge is 0.449 e. The third-order valence-electron chi connectivity index (χ3n) is 3.56. The second-order valence-electron chi connectivity index (χ2n) is 5.51. The van der Waals surface area contributed by atoms with E-state index in [9.17, 15) is 14.4 Å². The number of aromatic nitrogens is 1. The topological polar surface area (TPSA) is 98.5 Å². The van der Waals surface area contributed by atoms with E-state index in [1.165, 1.54) is 25.3 Å². The Labute approximate surface area is 162 Å². The number of hydrogen-bond donors (Lipinski definition) is 1. The summed E-state index contributed by atoms with van der Waals surface area (Å²) in [5.41, 5.74) is -0.821. The highest BCUT2D eigenvalue weighted by atomic mass is 35.5. The molecule has 1 amide bonds. The summed E-state index contributed by atoms with van der Waals surface area (Å²) < 4.78 is 10.1. The number of fused-ring (bicyclic) bond motifs is 1. The van der Waals surface area contributed by atoms with Gasteiger partial charge in [-0.1, -0.05) is 41.4 Å². The molecule has 3 aromatic rings. The normalized spacial score (nSPS) is 11.8. The van der Waals surface area contributed by atoms with Gasteiger partial charge in [-0.05, 0) is 25.1 Å². The Kier molecular flexibility index (Phi) is 5.43. The van der Waals surface area contributed by atoms with Gasteiger partial charge in [0.2, 0.25) is 0 Å². The molecule has 0 aliphatic heterocycles. The fraction of sp³-hybridized carbons (Fsp3) is 0.111. The number of nitrogens with zero attached hydrogens (tertiary/aromatic N) is 1. The van der Waals surface area contributed by atoms with Crippen LogP contribution in [0.15, 0.2) is 51.8 Å². The third-order valence-corrected chi connectivity index (χ3v) is 4.06. The van der Waals surface area contributed by atoms with E-state index in [-0.39, 0.29) is 16.4 Å². The first-order valence-electron chi connectivity index (χ1n) is 7.71. The Morgan fingerprint density at radius 2 is 1.96 bits per heavy atom. The lowest BCUT2D eigenvalue weighted by atomic mass is 10.2. The number of anilines is 1. The van der Waals surface area contributed by atoms with Gasteiger partial charge in [0.25, 0.3) is 5.91 Å². The van der Waals surface area contributed by atoms with Gasteiger partial charge in [0.05, 0.1) is 10.0 Å². The van der Waals surface area contributed by atoms with Gasteiger partial charge in [-0.25, -0.2) is 14.6 Å². The van der Waals surface area contributed by atoms with Gasteiger partial charge in [-0.15, -0.1) is 0 Å². The van der Waals surface area contributed by atoms with Crippen molar-refractivity contribution in [2.45, 2.75) is 13.0 Å². The van der Waals surface area contributed by atoms with Crippen molar-refractivity contribution in [2.24, 2.45) is 0 Å². The van der Waals surface area contributed by atoms with Crippen molar-refractivity contribution in [2.75, 3.05) is 5.32 Å². The summed E-state index contributed by atoms with van der Waals surface area (Å²) >= 11 is 11.7. The molecule has 138 valence electrons. The van der Waals surface area contributed by atoms with E-state index in [4.69, 9.17) is 32.4 Å². The number of amides is 1. The quantitative estimate of drug-likeness (QED) is 0.523. The zero-order chi connectivity index (χ0) is 19.6. The number of ether oxygens (including phenoxy) is 1. The highest BCUT2D eigenvalue weighted by Crippen LogP contribution is 2.22. The van der Waals surface area contributed by atoms with Crippen LogP contribution in [0.5, 0.6) is 0 Å². The van der Waals surface area contributed by atoms with Gasteiger partial charge in [-0.2, -0.15) is 0 Å². The molecule has 1 aromatic carbocycles. The average molecular weight is 407 g/mol. The molecule has 0 aliphatic rings. The summed E-state index contributed by atoms with van der Waals surface area (Å²) in [5.74, 6) is -1.59. The predicted molar refractivity (Wildman–Crippen MR) is 100 cm³/mol. The Balaban J connectivity index is 1.74. The van der Waals surface area contributed by atoms with Crippen LogP contribution >= 0.6 is 23.2 Å². The molecular formula is C18H12Cl2N2O5. The predicted octanol–water partition coefficient (Wildman–Crippen LogP) is 3.68. The summed E-state index contributed by atoms with van der Waals surface area (Å²) in [7, 11) is 0. The molecule has 0 saturated carbocycles. The number of nitrogens with one attached hydrogen (secondary N) is 1. The van der Waals surface area contributed by atoms with Crippen LogP contribution in [-0.2, 0) is 9.53 Å². The van der Waals surface area contributed by atoms with Gasteiger partial charge >= 0.3 is 11.6 Å². The average Bonchev–Trinajstić information content (AvgIpc) is 2.63. The Hall–Kier alpha value is -2.90. The SMILES string of the molecule is C[C@@H](OC(=O)c1cc2ccccc2oc1=O)C(=O)Nc1ncc(Cl)cc1Cl. The maximum absolute atomic E-state index is 12.3. The smallest absolute Gasteiger partial charge is 0.351 e. The van der Waals surface area contributed by atoms with Gasteiger partial charge in [0.15, 0.2) is 11.9 Å². The number of rotatable bonds is 4.